The molecule has 1 heterocycles. The van der Waals surface area contributed by atoms with Gasteiger partial charge in [0.05, 0.1) is 11.3 Å². The highest BCUT2D eigenvalue weighted by Gasteiger charge is 2.14. The minimum absolute atomic E-state index is 0.144. The van der Waals surface area contributed by atoms with Gasteiger partial charge in [-0.2, -0.15) is 0 Å². The minimum atomic E-state index is -0.487. The predicted molar refractivity (Wildman–Crippen MR) is 65.9 cm³/mol. The molecule has 2 rings (SSSR count). The molecular weight excluding hydrogens is 235 g/mol. The summed E-state index contributed by atoms with van der Waals surface area (Å²) in [5, 5.41) is 5.15. The van der Waals surface area contributed by atoms with Crippen molar-refractivity contribution in [2.24, 2.45) is 0 Å². The summed E-state index contributed by atoms with van der Waals surface area (Å²) in [5.41, 5.74) is 0.343. The van der Waals surface area contributed by atoms with E-state index in [-0.39, 0.29) is 17.2 Å². The fraction of sp³-hybridized carbons (Fsp3) is 0.0833. The van der Waals surface area contributed by atoms with Crippen molar-refractivity contribution in [3.05, 3.63) is 48.0 Å². The Hall–Kier alpha value is -2.50. The largest absolute Gasteiger partial charge is 0.385 e. The van der Waals surface area contributed by atoms with E-state index in [9.17, 15) is 9.18 Å². The number of halogens is 1. The molecule has 0 spiro atoms. The van der Waals surface area contributed by atoms with Crippen molar-refractivity contribution >= 4 is 17.5 Å². The first kappa shape index (κ1) is 12.0. The molecule has 0 aliphatic carbocycles. The third-order valence-electron chi connectivity index (χ3n) is 2.30. The number of benzene rings is 1. The third kappa shape index (κ3) is 2.42. The van der Waals surface area contributed by atoms with Crippen molar-refractivity contribution in [3.63, 3.8) is 0 Å². The van der Waals surface area contributed by atoms with Gasteiger partial charge in [0.2, 0.25) is 5.95 Å². The van der Waals surface area contributed by atoms with Crippen LogP contribution in [0.4, 0.5) is 16.0 Å². The normalized spacial score (nSPS) is 9.89. The van der Waals surface area contributed by atoms with Gasteiger partial charge in [-0.05, 0) is 18.2 Å². The molecule has 0 radical (unpaired) electrons. The van der Waals surface area contributed by atoms with Crippen LogP contribution in [0, 0.1) is 5.82 Å². The fourth-order valence-corrected chi connectivity index (χ4v) is 1.50. The Bertz CT molecular complexity index is 559. The number of amides is 1. The van der Waals surface area contributed by atoms with Crippen LogP contribution in [0.3, 0.4) is 0 Å². The van der Waals surface area contributed by atoms with E-state index in [0.717, 1.165) is 0 Å². The van der Waals surface area contributed by atoms with Crippen molar-refractivity contribution in [1.82, 2.24) is 9.97 Å². The Morgan fingerprint density at radius 2 is 1.94 bits per heavy atom. The number of nitrogens with zero attached hydrogens (tertiary/aromatic N) is 2. The number of hydrogen-bond acceptors (Lipinski definition) is 4. The summed E-state index contributed by atoms with van der Waals surface area (Å²) in [6.07, 6.45) is 3.01. The van der Waals surface area contributed by atoms with E-state index in [2.05, 4.69) is 20.6 Å². The molecule has 0 bridgehead atoms. The maximum absolute atomic E-state index is 13.5. The van der Waals surface area contributed by atoms with Gasteiger partial charge in [0.15, 0.2) is 0 Å². The lowest BCUT2D eigenvalue weighted by molar-refractivity contribution is 0.102. The van der Waals surface area contributed by atoms with Crippen LogP contribution < -0.4 is 10.6 Å². The molecule has 0 atom stereocenters. The maximum Gasteiger partial charge on any atom is 0.260 e. The number of rotatable bonds is 3. The molecule has 2 N–H and O–H groups in total. The predicted octanol–water partition coefficient (Wildman–Crippen LogP) is 1.91. The molecule has 6 heteroatoms. The third-order valence-corrected chi connectivity index (χ3v) is 2.30. The topological polar surface area (TPSA) is 66.9 Å². The van der Waals surface area contributed by atoms with Gasteiger partial charge in [-0.3, -0.25) is 10.1 Å². The second-order valence-corrected chi connectivity index (χ2v) is 3.44. The second kappa shape index (κ2) is 5.22. The average Bonchev–Trinajstić information content (AvgIpc) is 2.39. The van der Waals surface area contributed by atoms with Crippen LogP contribution in [-0.4, -0.2) is 22.9 Å². The summed E-state index contributed by atoms with van der Waals surface area (Å²) < 4.78 is 13.5. The smallest absolute Gasteiger partial charge is 0.260 e. The Balaban J connectivity index is 2.27. The van der Waals surface area contributed by atoms with Gasteiger partial charge in [-0.25, -0.2) is 14.4 Å². The summed E-state index contributed by atoms with van der Waals surface area (Å²) in [6, 6.07) is 5.91. The van der Waals surface area contributed by atoms with Gasteiger partial charge in [-0.15, -0.1) is 0 Å². The molecule has 1 aromatic carbocycles. The monoisotopic (exact) mass is 246 g/mol. The van der Waals surface area contributed by atoms with E-state index in [1.54, 1.807) is 13.1 Å². The second-order valence-electron chi connectivity index (χ2n) is 3.44. The number of carbonyl (C=O) groups is 1. The molecule has 1 aromatic heterocycles. The Labute approximate surface area is 103 Å². The highest BCUT2D eigenvalue weighted by Crippen LogP contribution is 2.19. The van der Waals surface area contributed by atoms with Crippen molar-refractivity contribution in [2.45, 2.75) is 0 Å². The van der Waals surface area contributed by atoms with Crippen LogP contribution in [0.25, 0.3) is 0 Å². The van der Waals surface area contributed by atoms with Crippen LogP contribution >= 0.6 is 0 Å². The van der Waals surface area contributed by atoms with E-state index in [1.165, 1.54) is 30.6 Å². The van der Waals surface area contributed by atoms with Crippen molar-refractivity contribution in [3.8, 4) is 0 Å². The fourth-order valence-electron chi connectivity index (χ4n) is 1.50. The van der Waals surface area contributed by atoms with Gasteiger partial charge in [0.1, 0.15) is 5.82 Å². The van der Waals surface area contributed by atoms with Gasteiger partial charge in [-0.1, -0.05) is 6.07 Å². The summed E-state index contributed by atoms with van der Waals surface area (Å²) in [4.78, 5) is 19.7. The molecular formula is C12H11FN4O. The molecule has 0 saturated carbocycles. The Morgan fingerprint density at radius 3 is 2.61 bits per heavy atom. The van der Waals surface area contributed by atoms with Crippen LogP contribution in [-0.2, 0) is 0 Å². The molecule has 0 saturated heterocycles. The lowest BCUT2D eigenvalue weighted by atomic mass is 10.1. The van der Waals surface area contributed by atoms with E-state index < -0.39 is 11.7 Å². The Kier molecular flexibility index (Phi) is 3.47. The van der Waals surface area contributed by atoms with Crippen molar-refractivity contribution < 1.29 is 9.18 Å². The van der Waals surface area contributed by atoms with E-state index >= 15 is 0 Å². The number of para-hydroxylation sites is 1. The highest BCUT2D eigenvalue weighted by atomic mass is 19.1. The number of carbonyl (C=O) groups excluding carboxylic acids is 1. The SMILES string of the molecule is CNc1c(F)cccc1C(=O)Nc1ncccn1. The standard InChI is InChI=1S/C12H11FN4O/c1-14-10-8(4-2-5-9(10)13)11(18)17-12-15-6-3-7-16-12/h2-7,14H,1H3,(H,15,16,17,18). The van der Waals surface area contributed by atoms with Gasteiger partial charge >= 0.3 is 0 Å². The summed E-state index contributed by atoms with van der Waals surface area (Å²) in [5.74, 6) is -0.780. The molecule has 5 nitrogen and oxygen atoms in total. The lowest BCUT2D eigenvalue weighted by Crippen LogP contribution is -2.16. The zero-order chi connectivity index (χ0) is 13.0. The Morgan fingerprint density at radius 1 is 1.22 bits per heavy atom. The molecule has 18 heavy (non-hydrogen) atoms. The first-order chi connectivity index (χ1) is 8.72. The van der Waals surface area contributed by atoms with Crippen LogP contribution in [0.5, 0.6) is 0 Å². The molecule has 0 aliphatic rings. The average molecular weight is 246 g/mol. The molecule has 92 valence electrons. The number of anilines is 2. The molecule has 2 aromatic rings. The lowest BCUT2D eigenvalue weighted by Gasteiger charge is -2.09. The van der Waals surface area contributed by atoms with Gasteiger partial charge in [0.25, 0.3) is 5.91 Å². The summed E-state index contributed by atoms with van der Waals surface area (Å²) in [6.45, 7) is 0. The first-order valence-corrected chi connectivity index (χ1v) is 5.27. The van der Waals surface area contributed by atoms with Crippen LogP contribution in [0.15, 0.2) is 36.7 Å². The van der Waals surface area contributed by atoms with Crippen LogP contribution in [0.1, 0.15) is 10.4 Å². The summed E-state index contributed by atoms with van der Waals surface area (Å²) >= 11 is 0. The van der Waals surface area contributed by atoms with Crippen molar-refractivity contribution in [1.29, 1.82) is 0 Å². The van der Waals surface area contributed by atoms with E-state index in [0.29, 0.717) is 0 Å². The number of aromatic nitrogens is 2. The van der Waals surface area contributed by atoms with E-state index in [4.69, 9.17) is 0 Å². The number of nitrogens with one attached hydrogen (secondary N) is 2. The zero-order valence-electron chi connectivity index (χ0n) is 9.64. The molecule has 0 aliphatic heterocycles. The zero-order valence-corrected chi connectivity index (χ0v) is 9.64. The van der Waals surface area contributed by atoms with E-state index in [1.807, 2.05) is 0 Å². The molecule has 1 amide bonds. The highest BCUT2D eigenvalue weighted by molar-refractivity contribution is 6.07. The minimum Gasteiger partial charge on any atom is -0.385 e. The van der Waals surface area contributed by atoms with Gasteiger partial charge in [0, 0.05) is 19.4 Å². The molecule has 0 fully saturated rings. The first-order valence-electron chi connectivity index (χ1n) is 5.27. The number of hydrogen-bond donors (Lipinski definition) is 2. The van der Waals surface area contributed by atoms with Crippen molar-refractivity contribution in [2.75, 3.05) is 17.7 Å². The summed E-state index contributed by atoms with van der Waals surface area (Å²) in [7, 11) is 1.55. The molecule has 0 unspecified atom stereocenters. The van der Waals surface area contributed by atoms with Gasteiger partial charge < -0.3 is 5.32 Å². The quantitative estimate of drug-likeness (QED) is 0.868. The van der Waals surface area contributed by atoms with Crippen LogP contribution in [0.2, 0.25) is 0 Å². The maximum atomic E-state index is 13.5.